The van der Waals surface area contributed by atoms with Gasteiger partial charge in [0.2, 0.25) is 0 Å². The summed E-state index contributed by atoms with van der Waals surface area (Å²) in [6.45, 7) is 0. The Morgan fingerprint density at radius 1 is 0.783 bits per heavy atom. The van der Waals surface area contributed by atoms with Crippen LogP contribution in [-0.4, -0.2) is 10.2 Å². The molecular formula is C18H11FN2O2. The van der Waals surface area contributed by atoms with Gasteiger partial charge >= 0.3 is 0 Å². The number of halogens is 1. The molecule has 1 aliphatic rings. The molecule has 0 amide bonds. The first kappa shape index (κ1) is 13.5. The van der Waals surface area contributed by atoms with Gasteiger partial charge in [-0.1, -0.05) is 30.3 Å². The van der Waals surface area contributed by atoms with Crippen LogP contribution in [0.2, 0.25) is 0 Å². The first-order valence-corrected chi connectivity index (χ1v) is 7.04. The average Bonchev–Trinajstić information content (AvgIpc) is 2.58. The molecule has 4 nitrogen and oxygen atoms in total. The van der Waals surface area contributed by atoms with Crippen molar-refractivity contribution < 1.29 is 13.9 Å². The predicted molar refractivity (Wildman–Crippen MR) is 84.0 cm³/mol. The van der Waals surface area contributed by atoms with Crippen LogP contribution in [0.15, 0.2) is 54.6 Å². The van der Waals surface area contributed by atoms with Crippen LogP contribution in [-0.2, 0) is 0 Å². The number of hydrogen-bond acceptors (Lipinski definition) is 4. The van der Waals surface area contributed by atoms with E-state index in [9.17, 15) is 4.39 Å². The van der Waals surface area contributed by atoms with Crippen molar-refractivity contribution in [2.75, 3.05) is 0 Å². The highest BCUT2D eigenvalue weighted by Gasteiger charge is 2.20. The second kappa shape index (κ2) is 5.53. The zero-order valence-corrected chi connectivity index (χ0v) is 11.9. The molecule has 23 heavy (non-hydrogen) atoms. The van der Waals surface area contributed by atoms with Crippen LogP contribution in [0.5, 0.6) is 23.1 Å². The van der Waals surface area contributed by atoms with E-state index in [4.69, 9.17) is 9.47 Å². The fourth-order valence-electron chi connectivity index (χ4n) is 2.24. The molecule has 1 aliphatic heterocycles. The van der Waals surface area contributed by atoms with Gasteiger partial charge in [0.1, 0.15) is 5.82 Å². The van der Waals surface area contributed by atoms with Crippen LogP contribution < -0.4 is 9.47 Å². The minimum absolute atomic E-state index is 0.281. The normalized spacial score (nSPS) is 12.2. The van der Waals surface area contributed by atoms with Gasteiger partial charge in [0, 0.05) is 6.07 Å². The molecule has 0 unspecified atom stereocenters. The summed E-state index contributed by atoms with van der Waals surface area (Å²) in [6, 6.07) is 15.4. The molecule has 0 aliphatic carbocycles. The molecule has 112 valence electrons. The van der Waals surface area contributed by atoms with Crippen LogP contribution in [0.1, 0.15) is 11.3 Å². The number of aromatic nitrogens is 2. The van der Waals surface area contributed by atoms with Crippen LogP contribution >= 0.6 is 0 Å². The average molecular weight is 306 g/mol. The monoisotopic (exact) mass is 306 g/mol. The lowest BCUT2D eigenvalue weighted by molar-refractivity contribution is 0.343. The molecule has 0 radical (unpaired) electrons. The third kappa shape index (κ3) is 2.76. The van der Waals surface area contributed by atoms with Gasteiger partial charge in [-0.25, -0.2) is 4.39 Å². The summed E-state index contributed by atoms with van der Waals surface area (Å²) >= 11 is 0. The summed E-state index contributed by atoms with van der Waals surface area (Å²) in [7, 11) is 0. The molecule has 2 heterocycles. The molecule has 0 saturated carbocycles. The first-order chi connectivity index (χ1) is 11.3. The minimum atomic E-state index is -0.281. The van der Waals surface area contributed by atoms with E-state index >= 15 is 0 Å². The quantitative estimate of drug-likeness (QED) is 0.539. The van der Waals surface area contributed by atoms with Gasteiger partial charge in [-0.05, 0) is 35.9 Å². The zero-order chi connectivity index (χ0) is 15.6. The second-order valence-corrected chi connectivity index (χ2v) is 4.98. The van der Waals surface area contributed by atoms with E-state index < -0.39 is 0 Å². The Labute approximate surface area is 131 Å². The molecule has 0 atom stereocenters. The summed E-state index contributed by atoms with van der Waals surface area (Å²) in [5.41, 5.74) is 1.34. The molecule has 0 bridgehead atoms. The molecule has 0 saturated heterocycles. The molecule has 0 N–H and O–H groups in total. The van der Waals surface area contributed by atoms with Gasteiger partial charge in [0.05, 0.1) is 5.69 Å². The Bertz CT molecular complexity index is 909. The minimum Gasteiger partial charge on any atom is -0.448 e. The van der Waals surface area contributed by atoms with E-state index in [1.807, 2.05) is 18.2 Å². The van der Waals surface area contributed by atoms with Gasteiger partial charge in [-0.3, -0.25) is 0 Å². The third-order valence-corrected chi connectivity index (χ3v) is 3.32. The van der Waals surface area contributed by atoms with E-state index in [-0.39, 0.29) is 5.82 Å². The highest BCUT2D eigenvalue weighted by molar-refractivity contribution is 5.69. The van der Waals surface area contributed by atoms with Crippen LogP contribution in [0.25, 0.3) is 12.2 Å². The summed E-state index contributed by atoms with van der Waals surface area (Å²) in [6.07, 6.45) is 3.50. The maximum absolute atomic E-state index is 13.2. The lowest BCUT2D eigenvalue weighted by Crippen LogP contribution is -2.02. The molecule has 4 rings (SSSR count). The maximum Gasteiger partial charge on any atom is 0.282 e. The zero-order valence-electron chi connectivity index (χ0n) is 11.9. The van der Waals surface area contributed by atoms with Crippen LogP contribution in [0.4, 0.5) is 4.39 Å². The number of nitrogens with zero attached hydrogens (tertiary/aromatic N) is 2. The molecule has 0 spiro atoms. The van der Waals surface area contributed by atoms with Gasteiger partial charge in [-0.15, -0.1) is 10.2 Å². The molecule has 1 aromatic heterocycles. The van der Waals surface area contributed by atoms with E-state index in [0.29, 0.717) is 28.8 Å². The highest BCUT2D eigenvalue weighted by atomic mass is 19.1. The Morgan fingerprint density at radius 2 is 1.61 bits per heavy atom. The van der Waals surface area contributed by atoms with E-state index in [1.165, 1.54) is 12.1 Å². The fourth-order valence-corrected chi connectivity index (χ4v) is 2.24. The summed E-state index contributed by atoms with van der Waals surface area (Å²) in [5.74, 6) is 1.78. The third-order valence-electron chi connectivity index (χ3n) is 3.32. The van der Waals surface area contributed by atoms with Gasteiger partial charge in [-0.2, -0.15) is 0 Å². The lowest BCUT2D eigenvalue weighted by Gasteiger charge is -2.18. The van der Waals surface area contributed by atoms with Crippen molar-refractivity contribution in [1.29, 1.82) is 0 Å². The number of ether oxygens (including phenoxy) is 2. The fraction of sp³-hybridized carbons (Fsp3) is 0. The smallest absolute Gasteiger partial charge is 0.282 e. The number of benzene rings is 2. The Balaban J connectivity index is 1.61. The Kier molecular flexibility index (Phi) is 3.24. The molecular weight excluding hydrogens is 295 g/mol. The summed E-state index contributed by atoms with van der Waals surface area (Å²) in [5, 5.41) is 8.09. The topological polar surface area (TPSA) is 44.2 Å². The van der Waals surface area contributed by atoms with E-state index in [1.54, 1.807) is 36.4 Å². The molecule has 5 heteroatoms. The van der Waals surface area contributed by atoms with E-state index in [0.717, 1.165) is 5.56 Å². The summed E-state index contributed by atoms with van der Waals surface area (Å²) in [4.78, 5) is 0. The second-order valence-electron chi connectivity index (χ2n) is 4.98. The van der Waals surface area contributed by atoms with Crippen molar-refractivity contribution in [2.45, 2.75) is 0 Å². The van der Waals surface area contributed by atoms with Crippen molar-refractivity contribution in [3.63, 3.8) is 0 Å². The number of para-hydroxylation sites is 2. The van der Waals surface area contributed by atoms with Gasteiger partial charge in [0.15, 0.2) is 17.2 Å². The lowest BCUT2D eigenvalue weighted by atomic mass is 10.2. The van der Waals surface area contributed by atoms with Crippen LogP contribution in [0.3, 0.4) is 0 Å². The first-order valence-electron chi connectivity index (χ1n) is 7.04. The van der Waals surface area contributed by atoms with Crippen molar-refractivity contribution >= 4 is 12.2 Å². The van der Waals surface area contributed by atoms with Crippen molar-refractivity contribution in [3.8, 4) is 23.1 Å². The SMILES string of the molecule is Fc1cccc(/C=C/c2cc3c(nn2)Oc2ccccc2O3)c1. The maximum atomic E-state index is 13.2. The molecule has 2 aromatic carbocycles. The number of rotatable bonds is 2. The predicted octanol–water partition coefficient (Wildman–Crippen LogP) is 4.68. The summed E-state index contributed by atoms with van der Waals surface area (Å²) < 4.78 is 24.6. The van der Waals surface area contributed by atoms with Gasteiger partial charge < -0.3 is 9.47 Å². The van der Waals surface area contributed by atoms with E-state index in [2.05, 4.69) is 10.2 Å². The Morgan fingerprint density at radius 3 is 2.43 bits per heavy atom. The number of hydrogen-bond donors (Lipinski definition) is 0. The molecule has 3 aromatic rings. The van der Waals surface area contributed by atoms with Gasteiger partial charge in [0.25, 0.3) is 5.88 Å². The standard InChI is InChI=1S/C18H11FN2O2/c19-13-5-3-4-12(10-13)8-9-14-11-17-18(21-20-14)23-16-7-2-1-6-15(16)22-17/h1-11H/b9-8+. The van der Waals surface area contributed by atoms with Crippen molar-refractivity contribution in [3.05, 3.63) is 71.7 Å². The largest absolute Gasteiger partial charge is 0.448 e. The highest BCUT2D eigenvalue weighted by Crippen LogP contribution is 2.43. The molecule has 0 fully saturated rings. The van der Waals surface area contributed by atoms with Crippen molar-refractivity contribution in [1.82, 2.24) is 10.2 Å². The number of fused-ring (bicyclic) bond motifs is 2. The van der Waals surface area contributed by atoms with Crippen LogP contribution in [0, 0.1) is 5.82 Å². The Hall–Kier alpha value is -3.21. The van der Waals surface area contributed by atoms with Crippen molar-refractivity contribution in [2.24, 2.45) is 0 Å².